The van der Waals surface area contributed by atoms with Gasteiger partial charge in [0.2, 0.25) is 5.91 Å². The van der Waals surface area contributed by atoms with Crippen LogP contribution in [-0.4, -0.2) is 20.4 Å². The maximum Gasteiger partial charge on any atom is 0.421 e. The van der Waals surface area contributed by atoms with E-state index in [0.29, 0.717) is 27.4 Å². The SMILES string of the molecule is O=C(Cn1cccc(C(F)(F)F)c1=O)Nc1ccc2[nH]c(=O)[nH]c2c1. The molecule has 0 saturated carbocycles. The number of carbonyl (C=O) groups excluding carboxylic acids is 1. The van der Waals surface area contributed by atoms with Crippen LogP contribution in [0.25, 0.3) is 11.0 Å². The van der Waals surface area contributed by atoms with Crippen LogP contribution in [-0.2, 0) is 17.5 Å². The van der Waals surface area contributed by atoms with E-state index < -0.39 is 35.4 Å². The number of pyridine rings is 1. The molecule has 0 atom stereocenters. The fourth-order valence-corrected chi connectivity index (χ4v) is 2.34. The summed E-state index contributed by atoms with van der Waals surface area (Å²) in [5, 5.41) is 2.46. The quantitative estimate of drug-likeness (QED) is 0.669. The number of carbonyl (C=O) groups is 1. The summed E-state index contributed by atoms with van der Waals surface area (Å²) in [6.07, 6.45) is -3.69. The van der Waals surface area contributed by atoms with Gasteiger partial charge in [-0.25, -0.2) is 4.79 Å². The smallest absolute Gasteiger partial charge is 0.324 e. The van der Waals surface area contributed by atoms with Crippen molar-refractivity contribution in [2.75, 3.05) is 5.32 Å². The largest absolute Gasteiger partial charge is 0.421 e. The fourth-order valence-electron chi connectivity index (χ4n) is 2.34. The van der Waals surface area contributed by atoms with Crippen molar-refractivity contribution in [3.63, 3.8) is 0 Å². The van der Waals surface area contributed by atoms with E-state index in [0.717, 1.165) is 12.3 Å². The Kier molecular flexibility index (Phi) is 3.95. The maximum absolute atomic E-state index is 12.7. The van der Waals surface area contributed by atoms with Crippen molar-refractivity contribution in [1.29, 1.82) is 0 Å². The second kappa shape index (κ2) is 5.96. The standard InChI is InChI=1S/C15H11F3N4O3/c16-15(17,18)9-2-1-5-22(13(9)24)7-12(23)19-8-3-4-10-11(6-8)21-14(25)20-10/h1-6H,7H2,(H,19,23)(H2,20,21,25). The minimum absolute atomic E-state index is 0.327. The zero-order valence-electron chi connectivity index (χ0n) is 12.5. The number of amides is 1. The Balaban J connectivity index is 1.80. The monoisotopic (exact) mass is 352 g/mol. The average molecular weight is 352 g/mol. The maximum atomic E-state index is 12.7. The summed E-state index contributed by atoms with van der Waals surface area (Å²) in [6, 6.07) is 6.26. The van der Waals surface area contributed by atoms with Gasteiger partial charge in [-0.2, -0.15) is 13.2 Å². The zero-order valence-corrected chi connectivity index (χ0v) is 12.5. The van der Waals surface area contributed by atoms with Gasteiger partial charge in [0.25, 0.3) is 5.56 Å². The van der Waals surface area contributed by atoms with E-state index >= 15 is 0 Å². The number of H-pyrrole nitrogens is 2. The van der Waals surface area contributed by atoms with Crippen molar-refractivity contribution in [2.24, 2.45) is 0 Å². The summed E-state index contributed by atoms with van der Waals surface area (Å²) in [6.45, 7) is -0.579. The van der Waals surface area contributed by atoms with Crippen molar-refractivity contribution < 1.29 is 18.0 Å². The number of rotatable bonds is 3. The van der Waals surface area contributed by atoms with E-state index in [1.807, 2.05) is 0 Å². The van der Waals surface area contributed by atoms with Crippen LogP contribution >= 0.6 is 0 Å². The van der Waals surface area contributed by atoms with Crippen molar-refractivity contribution in [3.8, 4) is 0 Å². The van der Waals surface area contributed by atoms with Crippen LogP contribution < -0.4 is 16.6 Å². The van der Waals surface area contributed by atoms with Crippen LogP contribution in [0.1, 0.15) is 5.56 Å². The number of hydrogen-bond acceptors (Lipinski definition) is 3. The highest BCUT2D eigenvalue weighted by Gasteiger charge is 2.34. The van der Waals surface area contributed by atoms with Crippen LogP contribution in [0.2, 0.25) is 0 Å². The van der Waals surface area contributed by atoms with Gasteiger partial charge < -0.3 is 19.9 Å². The molecule has 3 N–H and O–H groups in total. The van der Waals surface area contributed by atoms with Crippen molar-refractivity contribution in [1.82, 2.24) is 14.5 Å². The number of aromatic amines is 2. The third kappa shape index (κ3) is 3.47. The molecule has 2 heterocycles. The number of alkyl halides is 3. The topological polar surface area (TPSA) is 99.8 Å². The summed E-state index contributed by atoms with van der Waals surface area (Å²) in [7, 11) is 0. The number of nitrogens with one attached hydrogen (secondary N) is 3. The van der Waals surface area contributed by atoms with Gasteiger partial charge in [0, 0.05) is 11.9 Å². The molecule has 0 aliphatic heterocycles. The second-order valence-electron chi connectivity index (χ2n) is 5.24. The molecule has 25 heavy (non-hydrogen) atoms. The molecule has 7 nitrogen and oxygen atoms in total. The minimum Gasteiger partial charge on any atom is -0.324 e. The van der Waals surface area contributed by atoms with Gasteiger partial charge in [0.05, 0.1) is 11.0 Å². The van der Waals surface area contributed by atoms with Crippen LogP contribution in [0.4, 0.5) is 18.9 Å². The molecule has 0 unspecified atom stereocenters. The minimum atomic E-state index is -4.79. The van der Waals surface area contributed by atoms with E-state index in [2.05, 4.69) is 15.3 Å². The predicted molar refractivity (Wildman–Crippen MR) is 83.3 cm³/mol. The molecule has 0 aliphatic rings. The Hall–Kier alpha value is -3.30. The number of fused-ring (bicyclic) bond motifs is 1. The van der Waals surface area contributed by atoms with E-state index in [1.54, 1.807) is 6.07 Å². The van der Waals surface area contributed by atoms with Gasteiger partial charge in [-0.05, 0) is 30.3 Å². The Morgan fingerprint density at radius 3 is 2.56 bits per heavy atom. The highest BCUT2D eigenvalue weighted by Crippen LogP contribution is 2.26. The molecule has 0 radical (unpaired) electrons. The Morgan fingerprint density at radius 1 is 1.12 bits per heavy atom. The normalized spacial score (nSPS) is 11.6. The van der Waals surface area contributed by atoms with E-state index in [-0.39, 0.29) is 0 Å². The first kappa shape index (κ1) is 16.6. The van der Waals surface area contributed by atoms with Crippen molar-refractivity contribution >= 4 is 22.6 Å². The molecule has 1 aromatic carbocycles. The number of benzene rings is 1. The number of anilines is 1. The summed E-state index contributed by atoms with van der Waals surface area (Å²) in [5.74, 6) is -0.682. The van der Waals surface area contributed by atoms with Gasteiger partial charge >= 0.3 is 11.9 Å². The third-order valence-electron chi connectivity index (χ3n) is 3.44. The first-order valence-electron chi connectivity index (χ1n) is 7.02. The molecule has 0 fully saturated rings. The lowest BCUT2D eigenvalue weighted by Crippen LogP contribution is -2.31. The third-order valence-corrected chi connectivity index (χ3v) is 3.44. The highest BCUT2D eigenvalue weighted by molar-refractivity contribution is 5.92. The molecule has 0 saturated heterocycles. The number of imidazole rings is 1. The number of halogens is 3. The molecule has 1 amide bonds. The summed E-state index contributed by atoms with van der Waals surface area (Å²) in [4.78, 5) is 40.0. The summed E-state index contributed by atoms with van der Waals surface area (Å²) < 4.78 is 38.8. The van der Waals surface area contributed by atoms with Gasteiger partial charge in [0.15, 0.2) is 0 Å². The second-order valence-corrected chi connectivity index (χ2v) is 5.24. The molecule has 0 aliphatic carbocycles. The average Bonchev–Trinajstić information content (AvgIpc) is 2.87. The van der Waals surface area contributed by atoms with Gasteiger partial charge in [-0.3, -0.25) is 9.59 Å². The lowest BCUT2D eigenvalue weighted by molar-refractivity contribution is -0.139. The number of nitrogens with zero attached hydrogens (tertiary/aromatic N) is 1. The summed E-state index contributed by atoms with van der Waals surface area (Å²) >= 11 is 0. The van der Waals surface area contributed by atoms with Crippen molar-refractivity contribution in [2.45, 2.75) is 12.7 Å². The Morgan fingerprint density at radius 2 is 1.84 bits per heavy atom. The molecular formula is C15H11F3N4O3. The molecular weight excluding hydrogens is 341 g/mol. The lowest BCUT2D eigenvalue weighted by atomic mass is 10.2. The first-order valence-corrected chi connectivity index (χ1v) is 7.02. The van der Waals surface area contributed by atoms with Crippen LogP contribution in [0.5, 0.6) is 0 Å². The molecule has 2 aromatic heterocycles. The van der Waals surface area contributed by atoms with E-state index in [9.17, 15) is 27.6 Å². The molecule has 10 heteroatoms. The number of aromatic nitrogens is 3. The van der Waals surface area contributed by atoms with Gasteiger partial charge in [0.1, 0.15) is 12.1 Å². The number of hydrogen-bond donors (Lipinski definition) is 3. The fraction of sp³-hybridized carbons (Fsp3) is 0.133. The van der Waals surface area contributed by atoms with E-state index in [4.69, 9.17) is 0 Å². The highest BCUT2D eigenvalue weighted by atomic mass is 19.4. The lowest BCUT2D eigenvalue weighted by Gasteiger charge is -2.10. The van der Waals surface area contributed by atoms with Gasteiger partial charge in [-0.1, -0.05) is 0 Å². The van der Waals surface area contributed by atoms with Gasteiger partial charge in [-0.15, -0.1) is 0 Å². The Bertz CT molecular complexity index is 1060. The molecule has 0 spiro atoms. The van der Waals surface area contributed by atoms with Crippen LogP contribution in [0, 0.1) is 0 Å². The van der Waals surface area contributed by atoms with Crippen molar-refractivity contribution in [3.05, 3.63) is 62.9 Å². The predicted octanol–water partition coefficient (Wildman–Crippen LogP) is 1.68. The molecule has 130 valence electrons. The van der Waals surface area contributed by atoms with Crippen LogP contribution in [0.15, 0.2) is 46.1 Å². The zero-order chi connectivity index (χ0) is 18.2. The molecule has 3 rings (SSSR count). The van der Waals surface area contributed by atoms with Crippen LogP contribution in [0.3, 0.4) is 0 Å². The molecule has 0 bridgehead atoms. The summed E-state index contributed by atoms with van der Waals surface area (Å²) in [5.41, 5.74) is -1.72. The van der Waals surface area contributed by atoms with E-state index in [1.165, 1.54) is 12.1 Å². The molecule has 3 aromatic rings. The Labute approximate surface area is 137 Å². The first-order chi connectivity index (χ1) is 11.7.